The van der Waals surface area contributed by atoms with Gasteiger partial charge in [0.2, 0.25) is 0 Å². The molecule has 17 heavy (non-hydrogen) atoms. The fourth-order valence-electron chi connectivity index (χ4n) is 1.56. The first-order valence-corrected chi connectivity index (χ1v) is 5.67. The van der Waals surface area contributed by atoms with Gasteiger partial charge in [0.05, 0.1) is 22.9 Å². The molecule has 0 bridgehead atoms. The topological polar surface area (TPSA) is 67.2 Å². The third-order valence-electron chi connectivity index (χ3n) is 3.22. The number of aliphatic hydroxyl groups is 1. The normalized spacial score (nSPS) is 13.6. The van der Waals surface area contributed by atoms with Crippen molar-refractivity contribution in [2.75, 3.05) is 0 Å². The van der Waals surface area contributed by atoms with Crippen LogP contribution in [0.4, 0.5) is 0 Å². The van der Waals surface area contributed by atoms with Crippen LogP contribution in [-0.4, -0.2) is 32.4 Å². The van der Waals surface area contributed by atoms with Gasteiger partial charge in [-0.05, 0) is 34.6 Å². The molecule has 0 aliphatic heterocycles. The van der Waals surface area contributed by atoms with E-state index in [9.17, 15) is 9.90 Å². The quantitative estimate of drug-likeness (QED) is 0.824. The van der Waals surface area contributed by atoms with Crippen molar-refractivity contribution in [1.82, 2.24) is 15.1 Å². The SMILES string of the molecule is Cc1nn(C)c(C)c1C(=O)NC(C)(C)C(C)O. The molecule has 1 rings (SSSR count). The van der Waals surface area contributed by atoms with Crippen LogP contribution in [0.2, 0.25) is 0 Å². The smallest absolute Gasteiger partial charge is 0.255 e. The summed E-state index contributed by atoms with van der Waals surface area (Å²) >= 11 is 0. The molecule has 0 aliphatic carbocycles. The summed E-state index contributed by atoms with van der Waals surface area (Å²) in [7, 11) is 1.80. The maximum absolute atomic E-state index is 12.1. The van der Waals surface area contributed by atoms with Gasteiger partial charge in [-0.15, -0.1) is 0 Å². The van der Waals surface area contributed by atoms with Crippen molar-refractivity contribution in [1.29, 1.82) is 0 Å². The van der Waals surface area contributed by atoms with Gasteiger partial charge in [0.25, 0.3) is 5.91 Å². The van der Waals surface area contributed by atoms with Gasteiger partial charge in [-0.2, -0.15) is 5.10 Å². The number of aliphatic hydroxyl groups excluding tert-OH is 1. The third-order valence-corrected chi connectivity index (χ3v) is 3.22. The van der Waals surface area contributed by atoms with Crippen molar-refractivity contribution in [3.63, 3.8) is 0 Å². The lowest BCUT2D eigenvalue weighted by Crippen LogP contribution is -2.51. The summed E-state index contributed by atoms with van der Waals surface area (Å²) in [6, 6.07) is 0. The van der Waals surface area contributed by atoms with E-state index < -0.39 is 11.6 Å². The lowest BCUT2D eigenvalue weighted by Gasteiger charge is -2.29. The molecular formula is C12H21N3O2. The van der Waals surface area contributed by atoms with Crippen molar-refractivity contribution in [3.05, 3.63) is 17.0 Å². The molecule has 96 valence electrons. The average Bonchev–Trinajstić information content (AvgIpc) is 2.39. The van der Waals surface area contributed by atoms with Crippen molar-refractivity contribution < 1.29 is 9.90 Å². The predicted octanol–water partition coefficient (Wildman–Crippen LogP) is 0.926. The van der Waals surface area contributed by atoms with Gasteiger partial charge in [-0.3, -0.25) is 9.48 Å². The molecule has 5 heteroatoms. The van der Waals surface area contributed by atoms with Crippen LogP contribution in [0.25, 0.3) is 0 Å². The minimum atomic E-state index is -0.661. The van der Waals surface area contributed by atoms with Crippen LogP contribution in [0.3, 0.4) is 0 Å². The number of aryl methyl sites for hydroxylation is 2. The van der Waals surface area contributed by atoms with Gasteiger partial charge in [0.1, 0.15) is 0 Å². The molecule has 1 atom stereocenters. The highest BCUT2D eigenvalue weighted by molar-refractivity contribution is 5.96. The summed E-state index contributed by atoms with van der Waals surface area (Å²) in [6.45, 7) is 8.89. The second-order valence-electron chi connectivity index (χ2n) is 5.02. The van der Waals surface area contributed by atoms with E-state index in [4.69, 9.17) is 0 Å². The Morgan fingerprint density at radius 2 is 2.00 bits per heavy atom. The number of nitrogens with one attached hydrogen (secondary N) is 1. The van der Waals surface area contributed by atoms with Crippen LogP contribution in [-0.2, 0) is 7.05 Å². The maximum atomic E-state index is 12.1. The molecule has 0 aromatic carbocycles. The second-order valence-corrected chi connectivity index (χ2v) is 5.02. The zero-order valence-electron chi connectivity index (χ0n) is 11.3. The van der Waals surface area contributed by atoms with E-state index in [0.29, 0.717) is 11.3 Å². The molecule has 0 spiro atoms. The zero-order valence-corrected chi connectivity index (χ0v) is 11.3. The Labute approximate surface area is 102 Å². The number of aromatic nitrogens is 2. The van der Waals surface area contributed by atoms with E-state index in [1.807, 2.05) is 6.92 Å². The summed E-state index contributed by atoms with van der Waals surface area (Å²) in [5, 5.41) is 16.6. The number of carbonyl (C=O) groups excluding carboxylic acids is 1. The molecular weight excluding hydrogens is 218 g/mol. The number of rotatable bonds is 3. The van der Waals surface area contributed by atoms with Crippen LogP contribution in [0.5, 0.6) is 0 Å². The van der Waals surface area contributed by atoms with E-state index >= 15 is 0 Å². The lowest BCUT2D eigenvalue weighted by atomic mass is 9.98. The molecule has 1 aromatic heterocycles. The Bertz CT molecular complexity index is 433. The van der Waals surface area contributed by atoms with E-state index in [1.54, 1.807) is 39.4 Å². The Morgan fingerprint density at radius 1 is 1.47 bits per heavy atom. The van der Waals surface area contributed by atoms with E-state index in [0.717, 1.165) is 5.69 Å². The van der Waals surface area contributed by atoms with Crippen molar-refractivity contribution in [3.8, 4) is 0 Å². The van der Waals surface area contributed by atoms with Gasteiger partial charge in [-0.1, -0.05) is 0 Å². The second kappa shape index (κ2) is 4.49. The fourth-order valence-corrected chi connectivity index (χ4v) is 1.56. The molecule has 1 amide bonds. The zero-order chi connectivity index (χ0) is 13.4. The van der Waals surface area contributed by atoms with E-state index in [1.165, 1.54) is 0 Å². The maximum Gasteiger partial charge on any atom is 0.255 e. The minimum Gasteiger partial charge on any atom is -0.391 e. The van der Waals surface area contributed by atoms with Crippen LogP contribution in [0.1, 0.15) is 42.5 Å². The summed E-state index contributed by atoms with van der Waals surface area (Å²) in [5.74, 6) is -0.195. The molecule has 0 saturated carbocycles. The Hall–Kier alpha value is -1.36. The fraction of sp³-hybridized carbons (Fsp3) is 0.667. The monoisotopic (exact) mass is 239 g/mol. The number of nitrogens with zero attached hydrogens (tertiary/aromatic N) is 2. The van der Waals surface area contributed by atoms with E-state index in [2.05, 4.69) is 10.4 Å². The van der Waals surface area contributed by atoms with Crippen LogP contribution in [0.15, 0.2) is 0 Å². The molecule has 5 nitrogen and oxygen atoms in total. The van der Waals surface area contributed by atoms with Gasteiger partial charge in [0.15, 0.2) is 0 Å². The molecule has 1 heterocycles. The molecule has 0 fully saturated rings. The van der Waals surface area contributed by atoms with Gasteiger partial charge >= 0.3 is 0 Å². The van der Waals surface area contributed by atoms with Crippen LogP contribution in [0, 0.1) is 13.8 Å². The van der Waals surface area contributed by atoms with Gasteiger partial charge < -0.3 is 10.4 Å². The predicted molar refractivity (Wildman–Crippen MR) is 65.9 cm³/mol. The molecule has 1 aromatic rings. The highest BCUT2D eigenvalue weighted by atomic mass is 16.3. The molecule has 1 unspecified atom stereocenters. The number of amides is 1. The van der Waals surface area contributed by atoms with Crippen LogP contribution < -0.4 is 5.32 Å². The lowest BCUT2D eigenvalue weighted by molar-refractivity contribution is 0.0708. The first-order chi connectivity index (χ1) is 7.66. The van der Waals surface area contributed by atoms with Gasteiger partial charge in [0, 0.05) is 12.7 Å². The molecule has 2 N–H and O–H groups in total. The number of hydrogen-bond acceptors (Lipinski definition) is 3. The highest BCUT2D eigenvalue weighted by Gasteiger charge is 2.28. The molecule has 0 radical (unpaired) electrons. The Morgan fingerprint density at radius 3 is 2.35 bits per heavy atom. The number of hydrogen-bond donors (Lipinski definition) is 2. The third kappa shape index (κ3) is 2.66. The Balaban J connectivity index is 2.99. The Kier molecular flexibility index (Phi) is 3.62. The molecule has 0 aliphatic rings. The first-order valence-electron chi connectivity index (χ1n) is 5.67. The summed E-state index contributed by atoms with van der Waals surface area (Å²) in [6.07, 6.45) is -0.622. The summed E-state index contributed by atoms with van der Waals surface area (Å²) < 4.78 is 1.68. The standard InChI is InChI=1S/C12H21N3O2/c1-7-10(8(2)15(6)14-7)11(17)13-12(4,5)9(3)16/h9,16H,1-6H3,(H,13,17). The minimum absolute atomic E-state index is 0.195. The average molecular weight is 239 g/mol. The number of carbonyl (C=O) groups is 1. The highest BCUT2D eigenvalue weighted by Crippen LogP contribution is 2.15. The van der Waals surface area contributed by atoms with Crippen molar-refractivity contribution in [2.45, 2.75) is 46.3 Å². The van der Waals surface area contributed by atoms with Crippen LogP contribution >= 0.6 is 0 Å². The van der Waals surface area contributed by atoms with Crippen molar-refractivity contribution >= 4 is 5.91 Å². The van der Waals surface area contributed by atoms with Gasteiger partial charge in [-0.25, -0.2) is 0 Å². The first kappa shape index (κ1) is 13.7. The summed E-state index contributed by atoms with van der Waals surface area (Å²) in [5.41, 5.74) is 1.44. The summed E-state index contributed by atoms with van der Waals surface area (Å²) in [4.78, 5) is 12.1. The molecule has 0 saturated heterocycles. The largest absolute Gasteiger partial charge is 0.391 e. The van der Waals surface area contributed by atoms with E-state index in [-0.39, 0.29) is 5.91 Å². The van der Waals surface area contributed by atoms with Crippen molar-refractivity contribution in [2.24, 2.45) is 7.05 Å².